The predicted molar refractivity (Wildman–Crippen MR) is 104 cm³/mol. The molecule has 1 saturated heterocycles. The van der Waals surface area contributed by atoms with Crippen LogP contribution in [-0.4, -0.2) is 46.4 Å². The quantitative estimate of drug-likeness (QED) is 0.486. The normalized spacial score (nSPS) is 32.8. The van der Waals surface area contributed by atoms with Crippen molar-refractivity contribution < 1.29 is 19.2 Å². The lowest BCUT2D eigenvalue weighted by Crippen LogP contribution is -2.58. The zero-order chi connectivity index (χ0) is 20.5. The number of aromatic nitrogens is 1. The van der Waals surface area contributed by atoms with Gasteiger partial charge in [0.2, 0.25) is 12.5 Å². The number of esters is 1. The van der Waals surface area contributed by atoms with Gasteiger partial charge in [-0.1, -0.05) is 25.1 Å². The second-order valence-electron chi connectivity index (χ2n) is 8.63. The molecule has 0 bridgehead atoms. The number of nitro groups is 1. The van der Waals surface area contributed by atoms with Gasteiger partial charge in [0, 0.05) is 46.2 Å². The number of nitrogens with zero attached hydrogens (tertiary/aromatic N) is 2. The van der Waals surface area contributed by atoms with Crippen LogP contribution in [0.15, 0.2) is 24.3 Å². The molecule has 1 saturated carbocycles. The van der Waals surface area contributed by atoms with Gasteiger partial charge in [-0.15, -0.1) is 0 Å². The van der Waals surface area contributed by atoms with Gasteiger partial charge in [-0.05, 0) is 24.0 Å². The number of benzene rings is 1. The van der Waals surface area contributed by atoms with Gasteiger partial charge in [-0.25, -0.2) is 4.79 Å². The molecular weight excluding hydrogens is 374 g/mol. The molecule has 2 aromatic rings. The highest BCUT2D eigenvalue weighted by atomic mass is 16.6. The summed E-state index contributed by atoms with van der Waals surface area (Å²) in [5.41, 5.74) is 2.22. The maximum Gasteiger partial charge on any atom is 0.328 e. The zero-order valence-electron chi connectivity index (χ0n) is 16.4. The maximum atomic E-state index is 13.1. The van der Waals surface area contributed by atoms with Gasteiger partial charge in [0.15, 0.2) is 0 Å². The Morgan fingerprint density at radius 3 is 2.86 bits per heavy atom. The Morgan fingerprint density at radius 1 is 1.38 bits per heavy atom. The molecule has 2 fully saturated rings. The summed E-state index contributed by atoms with van der Waals surface area (Å²) in [6.45, 7) is 1.86. The van der Waals surface area contributed by atoms with Crippen LogP contribution in [0, 0.1) is 27.9 Å². The van der Waals surface area contributed by atoms with Crippen LogP contribution in [0.4, 0.5) is 0 Å². The number of rotatable bonds is 3. The molecular formula is C21H23N3O5. The molecule has 1 N–H and O–H groups in total. The first-order chi connectivity index (χ1) is 13.9. The number of aromatic amines is 1. The number of carbonyl (C=O) groups is 2. The average Bonchev–Trinajstić information content (AvgIpc) is 3.28. The van der Waals surface area contributed by atoms with Crippen molar-refractivity contribution >= 4 is 22.8 Å². The number of H-pyrrole nitrogens is 1. The van der Waals surface area contributed by atoms with Crippen LogP contribution < -0.4 is 0 Å². The Balaban J connectivity index is 1.76. The molecule has 3 aliphatic rings. The lowest BCUT2D eigenvalue weighted by molar-refractivity contribution is -0.491. The van der Waals surface area contributed by atoms with E-state index >= 15 is 0 Å². The smallest absolute Gasteiger partial charge is 0.328 e. The number of methoxy groups -OCH3 is 1. The minimum atomic E-state index is -0.720. The van der Waals surface area contributed by atoms with E-state index in [0.29, 0.717) is 12.8 Å². The topological polar surface area (TPSA) is 106 Å². The first kappa shape index (κ1) is 18.1. The lowest BCUT2D eigenvalue weighted by atomic mass is 9.76. The summed E-state index contributed by atoms with van der Waals surface area (Å²) >= 11 is 0. The Morgan fingerprint density at radius 2 is 2.14 bits per heavy atom. The van der Waals surface area contributed by atoms with E-state index in [1.807, 2.05) is 31.2 Å². The summed E-state index contributed by atoms with van der Waals surface area (Å²) in [5.74, 6) is -0.893. The summed E-state index contributed by atoms with van der Waals surface area (Å²) in [5, 5.41) is 12.4. The number of fused-ring (bicyclic) bond motifs is 3. The van der Waals surface area contributed by atoms with Gasteiger partial charge >= 0.3 is 5.97 Å². The molecule has 1 aromatic carbocycles. The van der Waals surface area contributed by atoms with Crippen LogP contribution in [0.1, 0.15) is 31.0 Å². The van der Waals surface area contributed by atoms with Gasteiger partial charge < -0.3 is 14.6 Å². The first-order valence-electron chi connectivity index (χ1n) is 10.00. The van der Waals surface area contributed by atoms with Crippen molar-refractivity contribution in [1.82, 2.24) is 9.88 Å². The number of hydrogen-bond donors (Lipinski definition) is 1. The van der Waals surface area contributed by atoms with Crippen LogP contribution in [0.2, 0.25) is 0 Å². The number of para-hydroxylation sites is 1. The Bertz CT molecular complexity index is 1050. The predicted octanol–water partition coefficient (Wildman–Crippen LogP) is 2.24. The molecule has 1 aliphatic carbocycles. The third-order valence-electron chi connectivity index (χ3n) is 7.38. The number of hydrogen-bond acceptors (Lipinski definition) is 5. The van der Waals surface area contributed by atoms with Crippen molar-refractivity contribution in [1.29, 1.82) is 0 Å². The van der Waals surface area contributed by atoms with Gasteiger partial charge in [0.25, 0.3) is 0 Å². The van der Waals surface area contributed by atoms with Crippen LogP contribution in [-0.2, 0) is 26.3 Å². The van der Waals surface area contributed by atoms with Crippen LogP contribution >= 0.6 is 0 Å². The van der Waals surface area contributed by atoms with Crippen LogP contribution in [0.25, 0.3) is 10.9 Å². The second-order valence-corrected chi connectivity index (χ2v) is 8.63. The molecule has 3 heterocycles. The summed E-state index contributed by atoms with van der Waals surface area (Å²) < 4.78 is 5.06. The second kappa shape index (κ2) is 6.05. The van der Waals surface area contributed by atoms with E-state index in [4.69, 9.17) is 4.74 Å². The monoisotopic (exact) mass is 397 g/mol. The molecule has 8 heteroatoms. The van der Waals surface area contributed by atoms with Gasteiger partial charge in [-0.2, -0.15) is 0 Å². The maximum absolute atomic E-state index is 13.1. The third kappa shape index (κ3) is 2.25. The van der Waals surface area contributed by atoms with Crippen molar-refractivity contribution in [3.63, 3.8) is 0 Å². The summed E-state index contributed by atoms with van der Waals surface area (Å²) in [7, 11) is 1.34. The number of amides is 1. The van der Waals surface area contributed by atoms with Crippen LogP contribution in [0.3, 0.4) is 0 Å². The van der Waals surface area contributed by atoms with Crippen molar-refractivity contribution in [3.8, 4) is 0 Å². The van der Waals surface area contributed by atoms with Gasteiger partial charge in [0.05, 0.1) is 12.6 Å². The summed E-state index contributed by atoms with van der Waals surface area (Å²) in [6, 6.07) is 7.20. The highest BCUT2D eigenvalue weighted by molar-refractivity contribution is 5.92. The largest absolute Gasteiger partial charge is 0.467 e. The molecule has 152 valence electrons. The van der Waals surface area contributed by atoms with Crippen molar-refractivity contribution in [2.24, 2.45) is 17.8 Å². The molecule has 5 atom stereocenters. The van der Waals surface area contributed by atoms with E-state index < -0.39 is 17.6 Å². The molecule has 2 aliphatic heterocycles. The summed E-state index contributed by atoms with van der Waals surface area (Å²) in [4.78, 5) is 42.2. The fraction of sp³-hybridized carbons (Fsp3) is 0.524. The lowest BCUT2D eigenvalue weighted by Gasteiger charge is -2.46. The van der Waals surface area contributed by atoms with E-state index in [2.05, 4.69) is 4.98 Å². The van der Waals surface area contributed by atoms with E-state index in [-0.39, 0.29) is 41.5 Å². The molecule has 1 spiro atoms. The van der Waals surface area contributed by atoms with E-state index in [0.717, 1.165) is 22.2 Å². The number of nitrogens with one attached hydrogen (secondary N) is 1. The highest BCUT2D eigenvalue weighted by Crippen LogP contribution is 2.62. The Kier molecular flexibility index (Phi) is 3.78. The van der Waals surface area contributed by atoms with Crippen molar-refractivity contribution in [3.05, 3.63) is 45.6 Å². The molecule has 1 aromatic heterocycles. The van der Waals surface area contributed by atoms with Crippen molar-refractivity contribution in [2.75, 3.05) is 13.7 Å². The number of carbonyl (C=O) groups excluding carboxylic acids is 2. The first-order valence-corrected chi connectivity index (χ1v) is 10.00. The van der Waals surface area contributed by atoms with Gasteiger partial charge in [-0.3, -0.25) is 14.9 Å². The van der Waals surface area contributed by atoms with Gasteiger partial charge in [0.1, 0.15) is 6.04 Å². The fourth-order valence-electron chi connectivity index (χ4n) is 6.38. The van der Waals surface area contributed by atoms with E-state index in [1.54, 1.807) is 4.90 Å². The Hall–Kier alpha value is -2.90. The summed E-state index contributed by atoms with van der Waals surface area (Å²) in [6.07, 6.45) is 1.22. The van der Waals surface area contributed by atoms with E-state index in [1.165, 1.54) is 7.11 Å². The third-order valence-corrected chi connectivity index (χ3v) is 7.38. The molecule has 8 nitrogen and oxygen atoms in total. The molecule has 2 unspecified atom stereocenters. The van der Waals surface area contributed by atoms with Crippen molar-refractivity contribution in [2.45, 2.75) is 37.8 Å². The minimum Gasteiger partial charge on any atom is -0.467 e. The molecule has 5 rings (SSSR count). The fourth-order valence-corrected chi connectivity index (χ4v) is 6.38. The highest BCUT2D eigenvalue weighted by Gasteiger charge is 2.68. The Labute approximate surface area is 167 Å². The minimum absolute atomic E-state index is 0.0664. The zero-order valence-corrected chi connectivity index (χ0v) is 16.4. The molecule has 0 radical (unpaired) electrons. The van der Waals surface area contributed by atoms with Crippen LogP contribution in [0.5, 0.6) is 0 Å². The average molecular weight is 397 g/mol. The van der Waals surface area contributed by atoms with E-state index in [9.17, 15) is 19.7 Å². The standard InChI is InChI=1S/C21H23N3O5/c1-11-9-21-15(14(11)10-23(27)28)8-18(25)24(21)17(20(26)29-2)7-13-12-5-3-4-6-16(12)22-19(13)21/h3-6,11,14-15,17,22H,7-10H2,1-2H3/t11-,14+,15-,17?,21?/m0/s1. The number of ether oxygens (including phenoxy) is 1. The molecule has 29 heavy (non-hydrogen) atoms. The SMILES string of the molecule is COC(=O)C1Cc2c([nH]c3ccccc23)C23C[C@H](C)[C@@H](C[N+](=O)[O-])[C@@H]2CC(=O)N13. The molecule has 1 amide bonds.